The highest BCUT2D eigenvalue weighted by molar-refractivity contribution is 5.67. The minimum Gasteiger partial charge on any atom is -0.481 e. The molecule has 0 spiro atoms. The van der Waals surface area contributed by atoms with Crippen molar-refractivity contribution in [1.29, 1.82) is 0 Å². The van der Waals surface area contributed by atoms with E-state index in [1.807, 2.05) is 6.92 Å². The summed E-state index contributed by atoms with van der Waals surface area (Å²) in [4.78, 5) is 19.8. The Morgan fingerprint density at radius 3 is 1.67 bits per heavy atom. The molecule has 1 atom stereocenters. The predicted molar refractivity (Wildman–Crippen MR) is 66.3 cm³/mol. The number of unbranched alkanes of at least 4 members (excludes halogenated alkanes) is 1. The van der Waals surface area contributed by atoms with Gasteiger partial charge in [0.15, 0.2) is 0 Å². The van der Waals surface area contributed by atoms with Gasteiger partial charge < -0.3 is 20.4 Å². The van der Waals surface area contributed by atoms with Crippen molar-refractivity contribution >= 4 is 11.9 Å². The van der Waals surface area contributed by atoms with Gasteiger partial charge >= 0.3 is 11.9 Å². The van der Waals surface area contributed by atoms with Gasteiger partial charge in [0.05, 0.1) is 0 Å². The van der Waals surface area contributed by atoms with Crippen molar-refractivity contribution in [2.24, 2.45) is 5.92 Å². The molecule has 0 saturated carbocycles. The predicted octanol–water partition coefficient (Wildman–Crippen LogP) is 1.10. The molecule has 0 fully saturated rings. The Kier molecular flexibility index (Phi) is 14.9. The first kappa shape index (κ1) is 19.2. The summed E-state index contributed by atoms with van der Waals surface area (Å²) in [5.74, 6) is -1.39. The Morgan fingerprint density at radius 1 is 0.944 bits per heavy atom. The van der Waals surface area contributed by atoms with E-state index in [0.717, 1.165) is 12.8 Å². The van der Waals surface area contributed by atoms with Crippen molar-refractivity contribution in [3.05, 3.63) is 0 Å². The van der Waals surface area contributed by atoms with Crippen molar-refractivity contribution < 1.29 is 30.0 Å². The maximum Gasteiger partial charge on any atom is 0.303 e. The minimum atomic E-state index is -0.870. The van der Waals surface area contributed by atoms with Crippen molar-refractivity contribution in [2.75, 3.05) is 13.2 Å². The largest absolute Gasteiger partial charge is 0.481 e. The zero-order chi connectivity index (χ0) is 14.4. The molecule has 0 aromatic rings. The molecule has 1 unspecified atom stereocenters. The molecule has 0 aliphatic carbocycles. The zero-order valence-corrected chi connectivity index (χ0v) is 10.8. The van der Waals surface area contributed by atoms with Crippen LogP contribution in [0.25, 0.3) is 0 Å². The van der Waals surface area contributed by atoms with E-state index in [1.54, 1.807) is 0 Å². The molecule has 6 heteroatoms. The Hall–Kier alpha value is -1.14. The van der Waals surface area contributed by atoms with Crippen LogP contribution in [-0.2, 0) is 9.59 Å². The monoisotopic (exact) mass is 264 g/mol. The second kappa shape index (κ2) is 13.9. The van der Waals surface area contributed by atoms with Crippen LogP contribution in [0.5, 0.6) is 0 Å². The molecule has 0 aliphatic heterocycles. The molecule has 0 aromatic heterocycles. The summed E-state index contributed by atoms with van der Waals surface area (Å²) >= 11 is 0. The summed E-state index contributed by atoms with van der Waals surface area (Å²) in [6.07, 6.45) is 2.75. The number of aliphatic hydroxyl groups is 2. The number of carbonyl (C=O) groups is 2. The highest BCUT2D eigenvalue weighted by Gasteiger charge is 1.99. The molecule has 0 rings (SSSR count). The van der Waals surface area contributed by atoms with Gasteiger partial charge in [0, 0.05) is 26.1 Å². The van der Waals surface area contributed by atoms with E-state index in [-0.39, 0.29) is 26.1 Å². The van der Waals surface area contributed by atoms with Crippen molar-refractivity contribution in [1.82, 2.24) is 0 Å². The summed E-state index contributed by atoms with van der Waals surface area (Å²) in [5, 5.41) is 33.1. The number of hydrogen-bond donors (Lipinski definition) is 4. The molecule has 0 heterocycles. The van der Waals surface area contributed by atoms with Crippen molar-refractivity contribution in [3.8, 4) is 0 Å². The van der Waals surface area contributed by atoms with E-state index in [2.05, 4.69) is 0 Å². The second-order valence-electron chi connectivity index (χ2n) is 4.15. The maximum absolute atomic E-state index is 9.90. The standard InChI is InChI=1S/C6H10O4.C6H14O2/c7-5(8)3-1-2-4-6(9)10;1-6(5-8)3-2-4-7/h1-4H2,(H,7,8)(H,9,10);6-8H,2-5H2,1H3. The number of rotatable bonds is 9. The third-order valence-corrected chi connectivity index (χ3v) is 2.20. The first-order valence-corrected chi connectivity index (χ1v) is 6.09. The maximum atomic E-state index is 9.90. The summed E-state index contributed by atoms with van der Waals surface area (Å²) in [5.41, 5.74) is 0. The Labute approximate surface area is 107 Å². The topological polar surface area (TPSA) is 115 Å². The van der Waals surface area contributed by atoms with Gasteiger partial charge in [0.2, 0.25) is 0 Å². The van der Waals surface area contributed by atoms with Gasteiger partial charge in [-0.05, 0) is 31.6 Å². The van der Waals surface area contributed by atoms with E-state index >= 15 is 0 Å². The molecule has 0 aromatic carbocycles. The van der Waals surface area contributed by atoms with Crippen LogP contribution in [0.3, 0.4) is 0 Å². The summed E-state index contributed by atoms with van der Waals surface area (Å²) in [6, 6.07) is 0. The summed E-state index contributed by atoms with van der Waals surface area (Å²) in [6.45, 7) is 2.44. The smallest absolute Gasteiger partial charge is 0.303 e. The summed E-state index contributed by atoms with van der Waals surface area (Å²) < 4.78 is 0. The number of aliphatic hydroxyl groups excluding tert-OH is 2. The lowest BCUT2D eigenvalue weighted by atomic mass is 10.1. The second-order valence-corrected chi connectivity index (χ2v) is 4.15. The highest BCUT2D eigenvalue weighted by atomic mass is 16.4. The SMILES string of the molecule is CC(CO)CCCO.O=C(O)CCCCC(=O)O. The molecular weight excluding hydrogens is 240 g/mol. The average molecular weight is 264 g/mol. The Balaban J connectivity index is 0. The van der Waals surface area contributed by atoms with E-state index in [9.17, 15) is 9.59 Å². The normalized spacial score (nSPS) is 11.3. The fourth-order valence-corrected chi connectivity index (χ4v) is 1.08. The molecule has 6 nitrogen and oxygen atoms in total. The van der Waals surface area contributed by atoms with Gasteiger partial charge in [0.25, 0.3) is 0 Å². The van der Waals surface area contributed by atoms with Crippen LogP contribution >= 0.6 is 0 Å². The fourth-order valence-electron chi connectivity index (χ4n) is 1.08. The molecule has 108 valence electrons. The lowest BCUT2D eigenvalue weighted by Gasteiger charge is -2.03. The van der Waals surface area contributed by atoms with Gasteiger partial charge in [0.1, 0.15) is 0 Å². The Bertz CT molecular complexity index is 201. The number of aliphatic carboxylic acids is 2. The van der Waals surface area contributed by atoms with Crippen LogP contribution in [0.4, 0.5) is 0 Å². The van der Waals surface area contributed by atoms with Crippen molar-refractivity contribution in [2.45, 2.75) is 45.4 Å². The van der Waals surface area contributed by atoms with Crippen LogP contribution < -0.4 is 0 Å². The lowest BCUT2D eigenvalue weighted by Crippen LogP contribution is -2.00. The van der Waals surface area contributed by atoms with Gasteiger partial charge in [-0.25, -0.2) is 0 Å². The minimum absolute atomic E-state index is 0.0628. The molecule has 0 saturated heterocycles. The van der Waals surface area contributed by atoms with E-state index in [1.165, 1.54) is 0 Å². The fraction of sp³-hybridized carbons (Fsp3) is 0.833. The average Bonchev–Trinajstić information content (AvgIpc) is 2.32. The lowest BCUT2D eigenvalue weighted by molar-refractivity contribution is -0.139. The van der Waals surface area contributed by atoms with Crippen LogP contribution in [0.2, 0.25) is 0 Å². The molecule has 0 aliphatic rings. The third-order valence-electron chi connectivity index (χ3n) is 2.20. The molecule has 0 amide bonds. The van der Waals surface area contributed by atoms with E-state index in [4.69, 9.17) is 20.4 Å². The molecular formula is C12H24O6. The van der Waals surface area contributed by atoms with Crippen LogP contribution in [0, 0.1) is 5.92 Å². The quantitative estimate of drug-likeness (QED) is 0.464. The first-order valence-electron chi connectivity index (χ1n) is 6.09. The van der Waals surface area contributed by atoms with E-state index in [0.29, 0.717) is 18.8 Å². The molecule has 0 bridgehead atoms. The molecule has 0 radical (unpaired) electrons. The third kappa shape index (κ3) is 20.3. The first-order chi connectivity index (χ1) is 8.43. The zero-order valence-electron chi connectivity index (χ0n) is 10.8. The molecule has 18 heavy (non-hydrogen) atoms. The van der Waals surface area contributed by atoms with E-state index < -0.39 is 11.9 Å². The Morgan fingerprint density at radius 2 is 1.39 bits per heavy atom. The van der Waals surface area contributed by atoms with Crippen LogP contribution in [0.15, 0.2) is 0 Å². The molecule has 4 N–H and O–H groups in total. The van der Waals surface area contributed by atoms with Gasteiger partial charge in [-0.3, -0.25) is 9.59 Å². The summed E-state index contributed by atoms with van der Waals surface area (Å²) in [7, 11) is 0. The number of carboxylic acid groups (broad SMARTS) is 2. The van der Waals surface area contributed by atoms with Crippen molar-refractivity contribution in [3.63, 3.8) is 0 Å². The number of hydrogen-bond acceptors (Lipinski definition) is 4. The number of carboxylic acids is 2. The van der Waals surface area contributed by atoms with Crippen LogP contribution in [-0.4, -0.2) is 45.6 Å². The van der Waals surface area contributed by atoms with Gasteiger partial charge in [-0.15, -0.1) is 0 Å². The van der Waals surface area contributed by atoms with Gasteiger partial charge in [-0.1, -0.05) is 6.92 Å². The van der Waals surface area contributed by atoms with Gasteiger partial charge in [-0.2, -0.15) is 0 Å². The van der Waals surface area contributed by atoms with Crippen LogP contribution in [0.1, 0.15) is 45.4 Å². The highest BCUT2D eigenvalue weighted by Crippen LogP contribution is 2.01.